The largest absolute Gasteiger partial charge is 0.497 e. The molecule has 1 aromatic carbocycles. The van der Waals surface area contributed by atoms with Crippen molar-refractivity contribution >= 4 is 31.6 Å². The summed E-state index contributed by atoms with van der Waals surface area (Å²) in [6.07, 6.45) is 6.38. The van der Waals surface area contributed by atoms with Crippen molar-refractivity contribution in [3.8, 4) is 22.6 Å². The molecule has 1 unspecified atom stereocenters. The van der Waals surface area contributed by atoms with Crippen LogP contribution in [0.4, 0.5) is 11.4 Å². The molecule has 200 valence electrons. The maximum absolute atomic E-state index is 13.1. The summed E-state index contributed by atoms with van der Waals surface area (Å²) in [6, 6.07) is 4.58. The van der Waals surface area contributed by atoms with Crippen molar-refractivity contribution in [3.63, 3.8) is 0 Å². The van der Waals surface area contributed by atoms with Crippen molar-refractivity contribution in [2.24, 2.45) is 13.0 Å². The molecule has 4 rings (SSSR count). The van der Waals surface area contributed by atoms with Crippen molar-refractivity contribution in [2.45, 2.75) is 57.5 Å². The number of carbonyl (C=O) groups excluding carboxylic acids is 1. The first-order chi connectivity index (χ1) is 17.6. The highest BCUT2D eigenvalue weighted by atomic mass is 28.3. The van der Waals surface area contributed by atoms with Gasteiger partial charge >= 0.3 is 0 Å². The van der Waals surface area contributed by atoms with Crippen molar-refractivity contribution in [1.82, 2.24) is 4.57 Å². The summed E-state index contributed by atoms with van der Waals surface area (Å²) < 4.78 is 19.2. The van der Waals surface area contributed by atoms with Crippen LogP contribution in [0.3, 0.4) is 0 Å². The maximum atomic E-state index is 13.1. The molecule has 1 aliphatic heterocycles. The highest BCUT2D eigenvalue weighted by Crippen LogP contribution is 2.46. The Morgan fingerprint density at radius 1 is 1.22 bits per heavy atom. The lowest BCUT2D eigenvalue weighted by Crippen LogP contribution is -2.41. The Hall–Kier alpha value is -3.11. The van der Waals surface area contributed by atoms with E-state index in [1.165, 1.54) is 10.8 Å². The summed E-state index contributed by atoms with van der Waals surface area (Å²) in [5, 5.41) is 14.3. The Morgan fingerprint density at radius 2 is 1.95 bits per heavy atom. The van der Waals surface area contributed by atoms with E-state index in [1.54, 1.807) is 26.4 Å². The third kappa shape index (κ3) is 5.91. The van der Waals surface area contributed by atoms with Crippen LogP contribution in [0.5, 0.6) is 11.5 Å². The average molecular weight is 527 g/mol. The first kappa shape index (κ1) is 26.9. The second-order valence-corrected chi connectivity index (χ2v) is 16.7. The van der Waals surface area contributed by atoms with Crippen molar-refractivity contribution in [1.29, 1.82) is 5.41 Å². The standard InChI is InChI=1S/C27H38N4O5Si/c1-31-15-21(20(14-28)23(27(31)33)29-16-35-10-11-37(3,4)5)19-12-18(34-2)13-22-25(19)36-24(26(32)30-22)17-8-6-7-9-17/h12-15,17,24,28-29H,6-11,16H2,1-5H3,(H,30,32). The Balaban J connectivity index is 1.73. The SMILES string of the molecule is COc1cc2c(c(-c3cn(C)c(=O)c(NCOCC[Si](C)(C)C)c3C=N)c1)OC(C1CCCC1)C(=O)N2. The Kier molecular flexibility index (Phi) is 8.08. The van der Waals surface area contributed by atoms with E-state index in [9.17, 15) is 9.59 Å². The fraction of sp³-hybridized carbons (Fsp3) is 0.519. The molecule has 10 heteroatoms. The molecule has 2 aliphatic rings. The number of benzene rings is 1. The molecular formula is C27H38N4O5Si. The van der Waals surface area contributed by atoms with E-state index in [2.05, 4.69) is 30.3 Å². The number of hydrogen-bond donors (Lipinski definition) is 3. The summed E-state index contributed by atoms with van der Waals surface area (Å²) in [5.41, 5.74) is 2.23. The topological polar surface area (TPSA) is 115 Å². The third-order valence-electron chi connectivity index (χ3n) is 7.09. The number of methoxy groups -OCH3 is 1. The lowest BCUT2D eigenvalue weighted by molar-refractivity contribution is -0.125. The van der Waals surface area contributed by atoms with Crippen LogP contribution in [-0.2, 0) is 16.6 Å². The van der Waals surface area contributed by atoms with Crippen LogP contribution in [0.25, 0.3) is 11.1 Å². The van der Waals surface area contributed by atoms with Gasteiger partial charge in [0.25, 0.3) is 11.5 Å². The molecular weight excluding hydrogens is 488 g/mol. The minimum Gasteiger partial charge on any atom is -0.497 e. The quantitative estimate of drug-likeness (QED) is 0.179. The normalized spacial score (nSPS) is 17.6. The molecule has 3 N–H and O–H groups in total. The first-order valence-electron chi connectivity index (χ1n) is 12.9. The third-order valence-corrected chi connectivity index (χ3v) is 8.79. The van der Waals surface area contributed by atoms with Gasteiger partial charge in [0.2, 0.25) is 0 Å². The summed E-state index contributed by atoms with van der Waals surface area (Å²) in [5.74, 6) is 1.07. The van der Waals surface area contributed by atoms with E-state index in [-0.39, 0.29) is 29.8 Å². The zero-order chi connectivity index (χ0) is 26.7. The van der Waals surface area contributed by atoms with Gasteiger partial charge in [0.15, 0.2) is 11.9 Å². The van der Waals surface area contributed by atoms with Gasteiger partial charge in [0.1, 0.15) is 18.2 Å². The number of rotatable bonds is 10. The smallest absolute Gasteiger partial charge is 0.274 e. The number of amides is 1. The average Bonchev–Trinajstić information content (AvgIpc) is 3.39. The van der Waals surface area contributed by atoms with Gasteiger partial charge in [-0.25, -0.2) is 0 Å². The molecule has 2 aromatic rings. The van der Waals surface area contributed by atoms with Crippen LogP contribution in [0, 0.1) is 11.3 Å². The molecule has 9 nitrogen and oxygen atoms in total. The molecule has 1 aliphatic carbocycles. The molecule has 1 amide bonds. The van der Waals surface area contributed by atoms with Crippen molar-refractivity contribution < 1.29 is 19.0 Å². The molecule has 0 radical (unpaired) electrons. The van der Waals surface area contributed by atoms with Gasteiger partial charge in [-0.3, -0.25) is 9.59 Å². The van der Waals surface area contributed by atoms with Crippen LogP contribution in [0.15, 0.2) is 23.1 Å². The highest BCUT2D eigenvalue weighted by molar-refractivity contribution is 6.76. The Bertz CT molecular complexity index is 1230. The van der Waals surface area contributed by atoms with Crippen LogP contribution in [0.2, 0.25) is 25.7 Å². The fourth-order valence-corrected chi connectivity index (χ4v) is 5.71. The summed E-state index contributed by atoms with van der Waals surface area (Å²) in [4.78, 5) is 26.0. The number of aryl methyl sites for hydroxylation is 1. The number of nitrogens with one attached hydrogen (secondary N) is 3. The predicted octanol–water partition coefficient (Wildman–Crippen LogP) is 4.67. The maximum Gasteiger partial charge on any atom is 0.274 e. The first-order valence-corrected chi connectivity index (χ1v) is 16.6. The van der Waals surface area contributed by atoms with E-state index in [1.807, 2.05) is 6.07 Å². The second-order valence-electron chi connectivity index (χ2n) is 11.1. The minimum atomic E-state index is -1.23. The van der Waals surface area contributed by atoms with Gasteiger partial charge in [-0.15, -0.1) is 0 Å². The van der Waals surface area contributed by atoms with Crippen molar-refractivity contribution in [2.75, 3.05) is 31.1 Å². The molecule has 37 heavy (non-hydrogen) atoms. The number of ether oxygens (including phenoxy) is 3. The zero-order valence-corrected chi connectivity index (χ0v) is 23.4. The van der Waals surface area contributed by atoms with Gasteiger partial charge in [-0.05, 0) is 25.0 Å². The Morgan fingerprint density at radius 3 is 2.59 bits per heavy atom. The fourth-order valence-electron chi connectivity index (χ4n) is 4.95. The van der Waals surface area contributed by atoms with E-state index in [0.29, 0.717) is 40.5 Å². The predicted molar refractivity (Wildman–Crippen MR) is 149 cm³/mol. The molecule has 0 bridgehead atoms. The minimum absolute atomic E-state index is 0.149. The van der Waals surface area contributed by atoms with Crippen molar-refractivity contribution in [3.05, 3.63) is 34.2 Å². The number of pyridine rings is 1. The monoisotopic (exact) mass is 526 g/mol. The molecule has 1 aromatic heterocycles. The Labute approximate surface area is 219 Å². The van der Waals surface area contributed by atoms with E-state index >= 15 is 0 Å². The molecule has 0 saturated heterocycles. The summed E-state index contributed by atoms with van der Waals surface area (Å²) >= 11 is 0. The van der Waals surface area contributed by atoms with E-state index < -0.39 is 14.2 Å². The lowest BCUT2D eigenvalue weighted by atomic mass is 9.95. The molecule has 1 saturated carbocycles. The zero-order valence-electron chi connectivity index (χ0n) is 22.4. The van der Waals surface area contributed by atoms with Crippen LogP contribution >= 0.6 is 0 Å². The van der Waals surface area contributed by atoms with Crippen LogP contribution in [-0.4, -0.2) is 51.3 Å². The molecule has 2 heterocycles. The van der Waals surface area contributed by atoms with Gasteiger partial charge in [0, 0.05) is 62.8 Å². The van der Waals surface area contributed by atoms with E-state index in [4.69, 9.17) is 19.6 Å². The summed E-state index contributed by atoms with van der Waals surface area (Å²) in [7, 11) is 2.00. The van der Waals surface area contributed by atoms with Gasteiger partial charge in [0.05, 0.1) is 12.8 Å². The van der Waals surface area contributed by atoms with Crippen LogP contribution in [0.1, 0.15) is 31.2 Å². The van der Waals surface area contributed by atoms with E-state index in [0.717, 1.165) is 31.7 Å². The number of carbonyl (C=O) groups is 1. The van der Waals surface area contributed by atoms with Gasteiger partial charge < -0.3 is 34.8 Å². The second kappa shape index (κ2) is 11.1. The highest BCUT2D eigenvalue weighted by Gasteiger charge is 2.38. The summed E-state index contributed by atoms with van der Waals surface area (Å²) in [6.45, 7) is 7.63. The number of fused-ring (bicyclic) bond motifs is 1. The molecule has 1 atom stereocenters. The number of aromatic nitrogens is 1. The number of anilines is 2. The van der Waals surface area contributed by atoms with Gasteiger partial charge in [-0.1, -0.05) is 32.5 Å². The number of nitrogens with zero attached hydrogens (tertiary/aromatic N) is 1. The van der Waals surface area contributed by atoms with Gasteiger partial charge in [-0.2, -0.15) is 0 Å². The van der Waals surface area contributed by atoms with Crippen LogP contribution < -0.4 is 25.7 Å². The molecule has 1 fully saturated rings. The molecule has 0 spiro atoms. The lowest BCUT2D eigenvalue weighted by Gasteiger charge is -2.31. The number of hydrogen-bond acceptors (Lipinski definition) is 7.